The fourth-order valence-corrected chi connectivity index (χ4v) is 3.36. The minimum atomic E-state index is -3.29. The summed E-state index contributed by atoms with van der Waals surface area (Å²) in [5, 5.41) is 0. The van der Waals surface area contributed by atoms with E-state index in [-0.39, 0.29) is 17.9 Å². The fourth-order valence-electron chi connectivity index (χ4n) is 1.75. The highest BCUT2D eigenvalue weighted by molar-refractivity contribution is 7.89. The molecule has 0 aliphatic rings. The smallest absolute Gasteiger partial charge is 0.212 e. The van der Waals surface area contributed by atoms with Crippen molar-refractivity contribution in [1.29, 1.82) is 0 Å². The number of hydrogen-bond donors (Lipinski definition) is 1. The molecule has 20 heavy (non-hydrogen) atoms. The zero-order chi connectivity index (χ0) is 15.2. The molecule has 0 aliphatic carbocycles. The molecule has 1 unspecified atom stereocenters. The largest absolute Gasteiger partial charge is 0.491 e. The van der Waals surface area contributed by atoms with Crippen LogP contribution in [-0.4, -0.2) is 26.2 Å². The topological polar surface area (TPSA) is 55.4 Å². The first-order valence-electron chi connectivity index (χ1n) is 6.66. The molecule has 1 rings (SSSR count). The Labute approximate surface area is 126 Å². The number of rotatable bonds is 8. The second-order valence-electron chi connectivity index (χ2n) is 4.94. The highest BCUT2D eigenvalue weighted by Gasteiger charge is 2.15. The van der Waals surface area contributed by atoms with Crippen LogP contribution in [0.25, 0.3) is 0 Å². The molecule has 0 aromatic heterocycles. The standard InChI is InChI=1S/C14H22ClNO3S/c1-11(2)19-14-7-5-13(6-8-14)12(3)16-20(17,18)10-4-9-15/h5-8,11-12,16H,4,9-10H2,1-3H3. The van der Waals surface area contributed by atoms with Gasteiger partial charge in [-0.05, 0) is 44.9 Å². The molecule has 0 amide bonds. The average Bonchev–Trinajstić information content (AvgIpc) is 2.36. The molecule has 0 saturated carbocycles. The van der Waals surface area contributed by atoms with Crippen molar-refractivity contribution in [2.24, 2.45) is 0 Å². The third kappa shape index (κ3) is 6.11. The lowest BCUT2D eigenvalue weighted by Gasteiger charge is -2.15. The van der Waals surface area contributed by atoms with Crippen LogP contribution in [0.3, 0.4) is 0 Å². The highest BCUT2D eigenvalue weighted by Crippen LogP contribution is 2.19. The number of alkyl halides is 1. The molecule has 114 valence electrons. The molecule has 1 N–H and O–H groups in total. The van der Waals surface area contributed by atoms with E-state index in [0.29, 0.717) is 12.3 Å². The van der Waals surface area contributed by atoms with Crippen LogP contribution in [-0.2, 0) is 10.0 Å². The van der Waals surface area contributed by atoms with Crippen LogP contribution in [0.5, 0.6) is 5.75 Å². The zero-order valence-corrected chi connectivity index (χ0v) is 13.7. The second kappa shape index (κ2) is 7.86. The van der Waals surface area contributed by atoms with Crippen molar-refractivity contribution in [3.63, 3.8) is 0 Å². The summed E-state index contributed by atoms with van der Waals surface area (Å²) in [5.41, 5.74) is 0.899. The Kier molecular flexibility index (Phi) is 6.79. The number of ether oxygens (including phenoxy) is 1. The van der Waals surface area contributed by atoms with Crippen LogP contribution in [0.1, 0.15) is 38.8 Å². The van der Waals surface area contributed by atoms with Crippen molar-refractivity contribution in [2.45, 2.75) is 39.3 Å². The molecule has 6 heteroatoms. The molecule has 0 spiro atoms. The molecule has 1 aromatic carbocycles. The molecule has 0 saturated heterocycles. The Morgan fingerprint density at radius 3 is 2.30 bits per heavy atom. The van der Waals surface area contributed by atoms with E-state index in [9.17, 15) is 8.42 Å². The molecule has 0 heterocycles. The lowest BCUT2D eigenvalue weighted by Crippen LogP contribution is -2.29. The molecule has 1 aromatic rings. The number of halogens is 1. The van der Waals surface area contributed by atoms with E-state index in [0.717, 1.165) is 11.3 Å². The summed E-state index contributed by atoms with van der Waals surface area (Å²) in [7, 11) is -3.29. The van der Waals surface area contributed by atoms with Gasteiger partial charge in [0.1, 0.15) is 5.75 Å². The van der Waals surface area contributed by atoms with E-state index in [1.165, 1.54) is 0 Å². The third-order valence-electron chi connectivity index (χ3n) is 2.65. The number of hydrogen-bond acceptors (Lipinski definition) is 3. The summed E-state index contributed by atoms with van der Waals surface area (Å²) in [4.78, 5) is 0. The van der Waals surface area contributed by atoms with Crippen LogP contribution >= 0.6 is 11.6 Å². The fraction of sp³-hybridized carbons (Fsp3) is 0.571. The molecular formula is C14H22ClNO3S. The van der Waals surface area contributed by atoms with E-state index in [2.05, 4.69) is 4.72 Å². The minimum Gasteiger partial charge on any atom is -0.491 e. The molecule has 0 aliphatic heterocycles. The maximum Gasteiger partial charge on any atom is 0.212 e. The number of benzene rings is 1. The van der Waals surface area contributed by atoms with Gasteiger partial charge in [0.25, 0.3) is 0 Å². The van der Waals surface area contributed by atoms with E-state index in [1.54, 1.807) is 0 Å². The van der Waals surface area contributed by atoms with Crippen molar-refractivity contribution in [2.75, 3.05) is 11.6 Å². The number of sulfonamides is 1. The summed E-state index contributed by atoms with van der Waals surface area (Å²) in [6.07, 6.45) is 0.567. The Balaban J connectivity index is 2.65. The van der Waals surface area contributed by atoms with E-state index < -0.39 is 10.0 Å². The summed E-state index contributed by atoms with van der Waals surface area (Å²) >= 11 is 5.51. The predicted octanol–water partition coefficient (Wildman–Crippen LogP) is 3.08. The molecule has 0 radical (unpaired) electrons. The minimum absolute atomic E-state index is 0.0510. The highest BCUT2D eigenvalue weighted by atomic mass is 35.5. The van der Waals surface area contributed by atoms with Crippen LogP contribution in [0.4, 0.5) is 0 Å². The van der Waals surface area contributed by atoms with Gasteiger partial charge in [0.15, 0.2) is 0 Å². The van der Waals surface area contributed by atoms with Gasteiger partial charge in [0.2, 0.25) is 10.0 Å². The molecule has 0 bridgehead atoms. The molecule has 1 atom stereocenters. The van der Waals surface area contributed by atoms with Gasteiger partial charge in [-0.25, -0.2) is 13.1 Å². The van der Waals surface area contributed by atoms with E-state index >= 15 is 0 Å². The van der Waals surface area contributed by atoms with Crippen molar-refractivity contribution in [3.8, 4) is 5.75 Å². The summed E-state index contributed by atoms with van der Waals surface area (Å²) in [6, 6.07) is 7.15. The van der Waals surface area contributed by atoms with Crippen molar-refractivity contribution < 1.29 is 13.2 Å². The summed E-state index contributed by atoms with van der Waals surface area (Å²) < 4.78 is 31.8. The van der Waals surface area contributed by atoms with Gasteiger partial charge >= 0.3 is 0 Å². The second-order valence-corrected chi connectivity index (χ2v) is 7.19. The van der Waals surface area contributed by atoms with Crippen LogP contribution in [0.2, 0.25) is 0 Å². The lowest BCUT2D eigenvalue weighted by atomic mass is 10.1. The number of nitrogens with one attached hydrogen (secondary N) is 1. The van der Waals surface area contributed by atoms with Crippen LogP contribution < -0.4 is 9.46 Å². The maximum absolute atomic E-state index is 11.8. The Morgan fingerprint density at radius 2 is 1.80 bits per heavy atom. The molecular weight excluding hydrogens is 298 g/mol. The first kappa shape index (κ1) is 17.3. The first-order valence-corrected chi connectivity index (χ1v) is 8.85. The monoisotopic (exact) mass is 319 g/mol. The Hall–Kier alpha value is -0.780. The third-order valence-corrected chi connectivity index (χ3v) is 4.46. The summed E-state index contributed by atoms with van der Waals surface area (Å²) in [6.45, 7) is 5.74. The predicted molar refractivity (Wildman–Crippen MR) is 82.9 cm³/mol. The maximum atomic E-state index is 11.8. The zero-order valence-electron chi connectivity index (χ0n) is 12.1. The Morgan fingerprint density at radius 1 is 1.20 bits per heavy atom. The van der Waals surface area contributed by atoms with Gasteiger partial charge in [-0.1, -0.05) is 12.1 Å². The lowest BCUT2D eigenvalue weighted by molar-refractivity contribution is 0.242. The van der Waals surface area contributed by atoms with Gasteiger partial charge < -0.3 is 4.74 Å². The summed E-state index contributed by atoms with van der Waals surface area (Å²) in [5.74, 6) is 1.17. The SMILES string of the molecule is CC(C)Oc1ccc(C(C)NS(=O)(=O)CCCCl)cc1. The normalized spacial score (nSPS) is 13.4. The van der Waals surface area contributed by atoms with Gasteiger partial charge in [-0.2, -0.15) is 0 Å². The quantitative estimate of drug-likeness (QED) is 0.749. The molecule has 0 fully saturated rings. The average molecular weight is 320 g/mol. The van der Waals surface area contributed by atoms with Gasteiger partial charge in [0, 0.05) is 11.9 Å². The van der Waals surface area contributed by atoms with E-state index in [1.807, 2.05) is 45.0 Å². The Bertz CT molecular complexity index is 500. The van der Waals surface area contributed by atoms with Crippen LogP contribution in [0.15, 0.2) is 24.3 Å². The molecule has 4 nitrogen and oxygen atoms in total. The first-order chi connectivity index (χ1) is 9.34. The van der Waals surface area contributed by atoms with Crippen molar-refractivity contribution >= 4 is 21.6 Å². The van der Waals surface area contributed by atoms with Crippen molar-refractivity contribution in [1.82, 2.24) is 4.72 Å². The van der Waals surface area contributed by atoms with E-state index in [4.69, 9.17) is 16.3 Å². The van der Waals surface area contributed by atoms with Gasteiger partial charge in [0.05, 0.1) is 11.9 Å². The van der Waals surface area contributed by atoms with Gasteiger partial charge in [-0.15, -0.1) is 11.6 Å². The van der Waals surface area contributed by atoms with Crippen molar-refractivity contribution in [3.05, 3.63) is 29.8 Å². The van der Waals surface area contributed by atoms with Crippen LogP contribution in [0, 0.1) is 0 Å². The van der Waals surface area contributed by atoms with Gasteiger partial charge in [-0.3, -0.25) is 0 Å².